The van der Waals surface area contributed by atoms with Crippen molar-refractivity contribution in [1.82, 2.24) is 5.32 Å². The highest BCUT2D eigenvalue weighted by atomic mass is 79.9. The molecule has 1 heterocycles. The quantitative estimate of drug-likeness (QED) is 0.798. The Balaban J connectivity index is 1.46. The molecule has 1 aliphatic heterocycles. The molecule has 2 aromatic rings. The Bertz CT molecular complexity index is 761. The van der Waals surface area contributed by atoms with Crippen LogP contribution >= 0.6 is 15.9 Å². The summed E-state index contributed by atoms with van der Waals surface area (Å²) in [5.74, 6) is 0.00641. The smallest absolute Gasteiger partial charge is 0.251 e. The molecule has 0 bridgehead atoms. The van der Waals surface area contributed by atoms with Crippen molar-refractivity contribution in [3.05, 3.63) is 64.1 Å². The van der Waals surface area contributed by atoms with Gasteiger partial charge >= 0.3 is 0 Å². The van der Waals surface area contributed by atoms with E-state index in [0.29, 0.717) is 24.9 Å². The lowest BCUT2D eigenvalue weighted by Crippen LogP contribution is -2.30. The summed E-state index contributed by atoms with van der Waals surface area (Å²) in [7, 11) is 0. The van der Waals surface area contributed by atoms with E-state index in [4.69, 9.17) is 0 Å². The number of halogens is 1. The predicted molar refractivity (Wildman–Crippen MR) is 98.2 cm³/mol. The first kappa shape index (κ1) is 16.7. The number of nitrogens with zero attached hydrogens (tertiary/aromatic N) is 1. The van der Waals surface area contributed by atoms with Crippen molar-refractivity contribution >= 4 is 33.4 Å². The monoisotopic (exact) mass is 386 g/mol. The normalized spacial score (nSPS) is 12.8. The Kier molecular flexibility index (Phi) is 5.30. The summed E-state index contributed by atoms with van der Waals surface area (Å²) in [6, 6.07) is 15.3. The molecule has 0 saturated heterocycles. The summed E-state index contributed by atoms with van der Waals surface area (Å²) in [5, 5.41) is 2.86. The first-order chi connectivity index (χ1) is 11.6. The minimum absolute atomic E-state index is 0.115. The van der Waals surface area contributed by atoms with Gasteiger partial charge in [-0.2, -0.15) is 0 Å². The van der Waals surface area contributed by atoms with Crippen molar-refractivity contribution in [3.63, 3.8) is 0 Å². The number of hydrogen-bond donors (Lipinski definition) is 1. The Morgan fingerprint density at radius 1 is 1.12 bits per heavy atom. The lowest BCUT2D eigenvalue weighted by Gasteiger charge is -2.17. The highest BCUT2D eigenvalue weighted by Crippen LogP contribution is 2.27. The number of carbonyl (C=O) groups is 2. The Labute approximate surface area is 150 Å². The van der Waals surface area contributed by atoms with E-state index in [1.165, 1.54) is 5.56 Å². The molecule has 3 rings (SSSR count). The van der Waals surface area contributed by atoms with Crippen LogP contribution in [0.25, 0.3) is 0 Å². The molecular weight excluding hydrogens is 368 g/mol. The van der Waals surface area contributed by atoms with Crippen molar-refractivity contribution in [1.29, 1.82) is 0 Å². The standard InChI is InChI=1S/C19H19BrN2O2/c20-16-7-3-6-15(13-16)19(24)21-11-4-9-18(23)22-12-10-14-5-1-2-8-17(14)22/h1-3,5-8,13H,4,9-12H2,(H,21,24). The SMILES string of the molecule is O=C(NCCCC(=O)N1CCc2ccccc21)c1cccc(Br)c1. The molecule has 2 aromatic carbocycles. The van der Waals surface area contributed by atoms with E-state index in [0.717, 1.165) is 23.1 Å². The third-order valence-electron chi connectivity index (χ3n) is 4.13. The van der Waals surface area contributed by atoms with Crippen LogP contribution in [0.3, 0.4) is 0 Å². The Hall–Kier alpha value is -2.14. The Morgan fingerprint density at radius 2 is 1.96 bits per heavy atom. The minimum atomic E-state index is -0.115. The van der Waals surface area contributed by atoms with E-state index in [1.807, 2.05) is 35.2 Å². The van der Waals surface area contributed by atoms with E-state index in [1.54, 1.807) is 12.1 Å². The van der Waals surface area contributed by atoms with E-state index in [2.05, 4.69) is 27.3 Å². The van der Waals surface area contributed by atoms with Crippen LogP contribution in [0.2, 0.25) is 0 Å². The number of rotatable bonds is 5. The largest absolute Gasteiger partial charge is 0.352 e. The van der Waals surface area contributed by atoms with Crippen LogP contribution in [0.5, 0.6) is 0 Å². The summed E-state index contributed by atoms with van der Waals surface area (Å²) in [6.45, 7) is 1.25. The average molecular weight is 387 g/mol. The van der Waals surface area contributed by atoms with Crippen LogP contribution in [0.15, 0.2) is 53.0 Å². The first-order valence-electron chi connectivity index (χ1n) is 8.07. The topological polar surface area (TPSA) is 49.4 Å². The predicted octanol–water partition coefficient (Wildman–Crippen LogP) is 3.55. The molecular formula is C19H19BrN2O2. The molecule has 1 aliphatic rings. The second-order valence-electron chi connectivity index (χ2n) is 5.79. The van der Waals surface area contributed by atoms with Crippen molar-refractivity contribution in [2.45, 2.75) is 19.3 Å². The summed E-state index contributed by atoms with van der Waals surface area (Å²) in [5.41, 5.74) is 2.87. The fourth-order valence-electron chi connectivity index (χ4n) is 2.91. The highest BCUT2D eigenvalue weighted by Gasteiger charge is 2.23. The van der Waals surface area contributed by atoms with Gasteiger partial charge in [-0.1, -0.05) is 40.2 Å². The molecule has 0 aromatic heterocycles. The average Bonchev–Trinajstić information content (AvgIpc) is 3.02. The summed E-state index contributed by atoms with van der Waals surface area (Å²) in [6.07, 6.45) is 1.99. The van der Waals surface area contributed by atoms with Gasteiger partial charge in [0.2, 0.25) is 5.91 Å². The number of fused-ring (bicyclic) bond motifs is 1. The maximum Gasteiger partial charge on any atom is 0.251 e. The van der Waals surface area contributed by atoms with Crippen LogP contribution in [0.4, 0.5) is 5.69 Å². The Morgan fingerprint density at radius 3 is 2.79 bits per heavy atom. The maximum atomic E-state index is 12.4. The van der Waals surface area contributed by atoms with E-state index < -0.39 is 0 Å². The summed E-state index contributed by atoms with van der Waals surface area (Å²) in [4.78, 5) is 26.3. The van der Waals surface area contributed by atoms with Gasteiger partial charge < -0.3 is 10.2 Å². The van der Waals surface area contributed by atoms with Crippen LogP contribution in [-0.4, -0.2) is 24.9 Å². The molecule has 0 saturated carbocycles. The molecule has 24 heavy (non-hydrogen) atoms. The number of benzene rings is 2. The van der Waals surface area contributed by atoms with Gasteiger partial charge in [-0.25, -0.2) is 0 Å². The van der Waals surface area contributed by atoms with Gasteiger partial charge in [0.15, 0.2) is 0 Å². The third-order valence-corrected chi connectivity index (χ3v) is 4.62. The van der Waals surface area contributed by atoms with Gasteiger partial charge in [0.1, 0.15) is 0 Å². The van der Waals surface area contributed by atoms with Crippen LogP contribution in [0, 0.1) is 0 Å². The lowest BCUT2D eigenvalue weighted by molar-refractivity contribution is -0.118. The molecule has 1 N–H and O–H groups in total. The maximum absolute atomic E-state index is 12.4. The molecule has 5 heteroatoms. The second-order valence-corrected chi connectivity index (χ2v) is 6.71. The van der Waals surface area contributed by atoms with Gasteiger partial charge in [-0.3, -0.25) is 9.59 Å². The number of carbonyl (C=O) groups excluding carboxylic acids is 2. The zero-order valence-electron chi connectivity index (χ0n) is 13.3. The summed E-state index contributed by atoms with van der Waals surface area (Å²) < 4.78 is 0.873. The number of hydrogen-bond acceptors (Lipinski definition) is 2. The van der Waals surface area contributed by atoms with Gasteiger partial charge in [0.05, 0.1) is 0 Å². The van der Waals surface area contributed by atoms with Gasteiger partial charge in [0.25, 0.3) is 5.91 Å². The van der Waals surface area contributed by atoms with Crippen LogP contribution in [-0.2, 0) is 11.2 Å². The summed E-state index contributed by atoms with van der Waals surface area (Å²) >= 11 is 3.35. The zero-order valence-corrected chi connectivity index (χ0v) is 14.9. The molecule has 2 amide bonds. The molecule has 0 spiro atoms. The molecule has 0 unspecified atom stereocenters. The number of para-hydroxylation sites is 1. The number of nitrogens with one attached hydrogen (secondary N) is 1. The molecule has 4 nitrogen and oxygen atoms in total. The highest BCUT2D eigenvalue weighted by molar-refractivity contribution is 9.10. The molecule has 0 atom stereocenters. The molecule has 0 radical (unpaired) electrons. The van der Waals surface area contributed by atoms with Gasteiger partial charge in [-0.15, -0.1) is 0 Å². The van der Waals surface area contributed by atoms with Crippen molar-refractivity contribution < 1.29 is 9.59 Å². The number of anilines is 1. The fraction of sp³-hybridized carbons (Fsp3) is 0.263. The number of amides is 2. The molecule has 124 valence electrons. The van der Waals surface area contributed by atoms with E-state index in [-0.39, 0.29) is 11.8 Å². The minimum Gasteiger partial charge on any atom is -0.352 e. The second kappa shape index (κ2) is 7.62. The van der Waals surface area contributed by atoms with Crippen molar-refractivity contribution in [2.75, 3.05) is 18.0 Å². The lowest BCUT2D eigenvalue weighted by atomic mass is 10.2. The van der Waals surface area contributed by atoms with Crippen molar-refractivity contribution in [2.24, 2.45) is 0 Å². The van der Waals surface area contributed by atoms with Gasteiger partial charge in [-0.05, 0) is 42.7 Å². The van der Waals surface area contributed by atoms with Crippen molar-refractivity contribution in [3.8, 4) is 0 Å². The van der Waals surface area contributed by atoms with Crippen LogP contribution in [0.1, 0.15) is 28.8 Å². The molecule has 0 fully saturated rings. The van der Waals surface area contributed by atoms with E-state index in [9.17, 15) is 9.59 Å². The fourth-order valence-corrected chi connectivity index (χ4v) is 3.30. The molecule has 0 aliphatic carbocycles. The first-order valence-corrected chi connectivity index (χ1v) is 8.86. The third kappa shape index (κ3) is 3.85. The van der Waals surface area contributed by atoms with Gasteiger partial charge in [0, 0.05) is 35.2 Å². The zero-order chi connectivity index (χ0) is 16.9. The van der Waals surface area contributed by atoms with E-state index >= 15 is 0 Å². The van der Waals surface area contributed by atoms with Crippen LogP contribution < -0.4 is 10.2 Å².